The lowest BCUT2D eigenvalue weighted by Gasteiger charge is -2.16. The van der Waals surface area contributed by atoms with E-state index in [0.29, 0.717) is 17.2 Å². The molecule has 1 aromatic carbocycles. The Morgan fingerprint density at radius 1 is 1.18 bits per heavy atom. The van der Waals surface area contributed by atoms with Crippen molar-refractivity contribution in [2.45, 2.75) is 46.6 Å². The monoisotopic (exact) mass is 326 g/mol. The van der Waals surface area contributed by atoms with E-state index in [1.165, 1.54) is 0 Å². The predicted octanol–water partition coefficient (Wildman–Crippen LogP) is 2.92. The standard InChI is InChI=1S/C16H26N2O3S/c1-11(2)6-8-13(4)17-16(19)14-9-7-12(3)15(10-14)18-22(5,20)21/h7,9-11,13,18H,6,8H2,1-5H3,(H,17,19). The van der Waals surface area contributed by atoms with Crippen LogP contribution >= 0.6 is 0 Å². The van der Waals surface area contributed by atoms with Crippen LogP contribution in [0.3, 0.4) is 0 Å². The van der Waals surface area contributed by atoms with Crippen molar-refractivity contribution in [2.24, 2.45) is 5.92 Å². The van der Waals surface area contributed by atoms with Gasteiger partial charge in [0.2, 0.25) is 10.0 Å². The number of aryl methyl sites for hydroxylation is 1. The smallest absolute Gasteiger partial charge is 0.251 e. The molecule has 0 aliphatic heterocycles. The Labute approximate surface area is 133 Å². The molecule has 0 aliphatic carbocycles. The number of sulfonamides is 1. The minimum Gasteiger partial charge on any atom is -0.350 e. The van der Waals surface area contributed by atoms with E-state index in [1.54, 1.807) is 25.1 Å². The van der Waals surface area contributed by atoms with Crippen LogP contribution in [0.25, 0.3) is 0 Å². The highest BCUT2D eigenvalue weighted by Gasteiger charge is 2.13. The summed E-state index contributed by atoms with van der Waals surface area (Å²) < 4.78 is 25.1. The third-order valence-corrected chi connectivity index (χ3v) is 3.94. The van der Waals surface area contributed by atoms with Gasteiger partial charge in [-0.15, -0.1) is 0 Å². The lowest BCUT2D eigenvalue weighted by Crippen LogP contribution is -2.32. The molecule has 0 saturated carbocycles. The first-order chi connectivity index (χ1) is 10.1. The maximum absolute atomic E-state index is 12.2. The molecule has 1 aromatic rings. The fraction of sp³-hybridized carbons (Fsp3) is 0.562. The molecule has 22 heavy (non-hydrogen) atoms. The Kier molecular flexibility index (Phi) is 6.41. The van der Waals surface area contributed by atoms with Gasteiger partial charge in [0.15, 0.2) is 0 Å². The van der Waals surface area contributed by atoms with Gasteiger partial charge in [-0.1, -0.05) is 19.9 Å². The Balaban J connectivity index is 2.80. The van der Waals surface area contributed by atoms with Crippen LogP contribution in [-0.4, -0.2) is 26.6 Å². The molecule has 0 radical (unpaired) electrons. The van der Waals surface area contributed by atoms with Crippen LogP contribution in [0.15, 0.2) is 18.2 Å². The number of nitrogens with one attached hydrogen (secondary N) is 2. The summed E-state index contributed by atoms with van der Waals surface area (Å²) in [7, 11) is -3.37. The maximum Gasteiger partial charge on any atom is 0.251 e. The zero-order valence-electron chi connectivity index (χ0n) is 13.9. The van der Waals surface area contributed by atoms with Crippen LogP contribution in [0.5, 0.6) is 0 Å². The molecule has 0 aromatic heterocycles. The third-order valence-electron chi connectivity index (χ3n) is 3.35. The number of carbonyl (C=O) groups is 1. The van der Waals surface area contributed by atoms with E-state index in [-0.39, 0.29) is 11.9 Å². The van der Waals surface area contributed by atoms with Gasteiger partial charge >= 0.3 is 0 Å². The molecular weight excluding hydrogens is 300 g/mol. The molecule has 0 saturated heterocycles. The van der Waals surface area contributed by atoms with Crippen molar-refractivity contribution < 1.29 is 13.2 Å². The zero-order valence-corrected chi connectivity index (χ0v) is 14.8. The highest BCUT2D eigenvalue weighted by molar-refractivity contribution is 7.92. The van der Waals surface area contributed by atoms with Gasteiger partial charge in [0, 0.05) is 11.6 Å². The van der Waals surface area contributed by atoms with Crippen molar-refractivity contribution in [1.82, 2.24) is 5.32 Å². The average Bonchev–Trinajstić information content (AvgIpc) is 2.37. The average molecular weight is 326 g/mol. The second-order valence-corrected chi connectivity index (χ2v) is 8.00. The topological polar surface area (TPSA) is 75.3 Å². The zero-order chi connectivity index (χ0) is 16.9. The SMILES string of the molecule is Cc1ccc(C(=O)NC(C)CCC(C)C)cc1NS(C)(=O)=O. The summed E-state index contributed by atoms with van der Waals surface area (Å²) in [4.78, 5) is 12.2. The van der Waals surface area contributed by atoms with Crippen LogP contribution < -0.4 is 10.0 Å². The Morgan fingerprint density at radius 2 is 1.82 bits per heavy atom. The first kappa shape index (κ1) is 18.5. The minimum absolute atomic E-state index is 0.0857. The van der Waals surface area contributed by atoms with Gasteiger partial charge in [0.25, 0.3) is 5.91 Å². The molecule has 2 N–H and O–H groups in total. The molecule has 1 rings (SSSR count). The minimum atomic E-state index is -3.37. The summed E-state index contributed by atoms with van der Waals surface area (Å²) in [5.41, 5.74) is 1.66. The molecule has 124 valence electrons. The number of hydrogen-bond acceptors (Lipinski definition) is 3. The number of carbonyl (C=O) groups excluding carboxylic acids is 1. The van der Waals surface area contributed by atoms with Gasteiger partial charge in [-0.2, -0.15) is 0 Å². The van der Waals surface area contributed by atoms with Crippen LogP contribution in [0.4, 0.5) is 5.69 Å². The second kappa shape index (κ2) is 7.63. The Morgan fingerprint density at radius 3 is 2.36 bits per heavy atom. The molecule has 0 fully saturated rings. The summed E-state index contributed by atoms with van der Waals surface area (Å²) in [5.74, 6) is 0.414. The molecule has 1 unspecified atom stereocenters. The Hall–Kier alpha value is -1.56. The fourth-order valence-electron chi connectivity index (χ4n) is 2.04. The Bertz CT molecular complexity index is 624. The molecule has 1 atom stereocenters. The lowest BCUT2D eigenvalue weighted by atomic mass is 10.0. The summed E-state index contributed by atoms with van der Waals surface area (Å²) in [6.45, 7) is 8.07. The fourth-order valence-corrected chi connectivity index (χ4v) is 2.65. The molecule has 0 spiro atoms. The molecule has 1 amide bonds. The largest absolute Gasteiger partial charge is 0.350 e. The van der Waals surface area contributed by atoms with E-state index >= 15 is 0 Å². The van der Waals surface area contributed by atoms with Crippen molar-refractivity contribution in [2.75, 3.05) is 11.0 Å². The molecule has 6 heteroatoms. The van der Waals surface area contributed by atoms with E-state index < -0.39 is 10.0 Å². The summed E-state index contributed by atoms with van der Waals surface area (Å²) in [5, 5.41) is 2.94. The third kappa shape index (κ3) is 6.47. The van der Waals surface area contributed by atoms with E-state index in [9.17, 15) is 13.2 Å². The van der Waals surface area contributed by atoms with E-state index in [0.717, 1.165) is 24.7 Å². The lowest BCUT2D eigenvalue weighted by molar-refractivity contribution is 0.0937. The van der Waals surface area contributed by atoms with Gasteiger partial charge in [-0.25, -0.2) is 8.42 Å². The quantitative estimate of drug-likeness (QED) is 0.809. The van der Waals surface area contributed by atoms with Gasteiger partial charge < -0.3 is 5.32 Å². The summed E-state index contributed by atoms with van der Waals surface area (Å²) >= 11 is 0. The van der Waals surface area contributed by atoms with Gasteiger partial charge in [-0.05, 0) is 50.3 Å². The van der Waals surface area contributed by atoms with Crippen LogP contribution in [-0.2, 0) is 10.0 Å². The summed E-state index contributed by atoms with van der Waals surface area (Å²) in [6.07, 6.45) is 3.06. The van der Waals surface area contributed by atoms with Crippen LogP contribution in [0.1, 0.15) is 49.5 Å². The highest BCUT2D eigenvalue weighted by Crippen LogP contribution is 2.18. The number of anilines is 1. The normalized spacial score (nSPS) is 13.0. The summed E-state index contributed by atoms with van der Waals surface area (Å²) in [6, 6.07) is 5.09. The van der Waals surface area contributed by atoms with E-state index in [1.807, 2.05) is 6.92 Å². The highest BCUT2D eigenvalue weighted by atomic mass is 32.2. The molecule has 0 bridgehead atoms. The number of amides is 1. The van der Waals surface area contributed by atoms with Crippen molar-refractivity contribution in [1.29, 1.82) is 0 Å². The molecule has 5 nitrogen and oxygen atoms in total. The van der Waals surface area contributed by atoms with Gasteiger partial charge in [0.05, 0.1) is 11.9 Å². The molecule has 0 heterocycles. The van der Waals surface area contributed by atoms with Crippen molar-refractivity contribution in [3.8, 4) is 0 Å². The van der Waals surface area contributed by atoms with Crippen molar-refractivity contribution >= 4 is 21.6 Å². The van der Waals surface area contributed by atoms with Gasteiger partial charge in [-0.3, -0.25) is 9.52 Å². The second-order valence-electron chi connectivity index (χ2n) is 6.25. The van der Waals surface area contributed by atoms with Crippen molar-refractivity contribution in [3.05, 3.63) is 29.3 Å². The van der Waals surface area contributed by atoms with Crippen molar-refractivity contribution in [3.63, 3.8) is 0 Å². The number of rotatable bonds is 7. The maximum atomic E-state index is 12.2. The molecule has 0 aliphatic rings. The van der Waals surface area contributed by atoms with E-state index in [4.69, 9.17) is 0 Å². The van der Waals surface area contributed by atoms with Crippen LogP contribution in [0.2, 0.25) is 0 Å². The van der Waals surface area contributed by atoms with E-state index in [2.05, 4.69) is 23.9 Å². The first-order valence-electron chi connectivity index (χ1n) is 7.48. The number of hydrogen-bond donors (Lipinski definition) is 2. The number of benzene rings is 1. The molecular formula is C16H26N2O3S. The predicted molar refractivity (Wildman–Crippen MR) is 90.6 cm³/mol. The first-order valence-corrected chi connectivity index (χ1v) is 9.37. The van der Waals surface area contributed by atoms with Gasteiger partial charge in [0.1, 0.15) is 0 Å². The van der Waals surface area contributed by atoms with Crippen LogP contribution in [0, 0.1) is 12.8 Å².